The van der Waals surface area contributed by atoms with Crippen LogP contribution < -0.4 is 15.4 Å². The molecule has 24 heavy (non-hydrogen) atoms. The Morgan fingerprint density at radius 2 is 1.75 bits per heavy atom. The molecule has 126 valence electrons. The first kappa shape index (κ1) is 17.8. The van der Waals surface area contributed by atoms with Crippen molar-refractivity contribution in [3.05, 3.63) is 53.1 Å². The Morgan fingerprint density at radius 1 is 1.04 bits per heavy atom. The molecule has 0 atom stereocenters. The van der Waals surface area contributed by atoms with Gasteiger partial charge in [-0.05, 0) is 49.4 Å². The molecule has 0 unspecified atom stereocenters. The normalized spacial score (nSPS) is 10.1. The van der Waals surface area contributed by atoms with Crippen LogP contribution in [0.25, 0.3) is 0 Å². The summed E-state index contributed by atoms with van der Waals surface area (Å²) in [5.41, 5.74) is 1.50. The summed E-state index contributed by atoms with van der Waals surface area (Å²) in [5, 5.41) is 5.87. The van der Waals surface area contributed by atoms with Crippen LogP contribution in [0.3, 0.4) is 0 Å². The number of rotatable bonds is 6. The Labute approximate surface area is 146 Å². The average molecular weight is 347 g/mol. The zero-order chi connectivity index (χ0) is 17.5. The fourth-order valence-electron chi connectivity index (χ4n) is 2.01. The second-order valence-corrected chi connectivity index (χ2v) is 5.42. The van der Waals surface area contributed by atoms with Crippen LogP contribution >= 0.6 is 11.6 Å². The maximum absolute atomic E-state index is 12.3. The van der Waals surface area contributed by atoms with Gasteiger partial charge in [-0.3, -0.25) is 9.59 Å². The van der Waals surface area contributed by atoms with Crippen molar-refractivity contribution >= 4 is 34.8 Å². The smallest absolute Gasteiger partial charge is 0.255 e. The molecule has 5 nitrogen and oxygen atoms in total. The highest BCUT2D eigenvalue weighted by Gasteiger charge is 2.10. The van der Waals surface area contributed by atoms with Crippen LogP contribution in [0.1, 0.15) is 30.6 Å². The minimum Gasteiger partial charge on any atom is -0.494 e. The van der Waals surface area contributed by atoms with Crippen LogP contribution in [0.4, 0.5) is 11.4 Å². The molecule has 0 aromatic heterocycles. The van der Waals surface area contributed by atoms with E-state index in [0.29, 0.717) is 40.7 Å². The molecule has 0 fully saturated rings. The molecule has 2 rings (SSSR count). The Bertz CT molecular complexity index is 730. The largest absolute Gasteiger partial charge is 0.494 e. The van der Waals surface area contributed by atoms with E-state index in [0.717, 1.165) is 0 Å². The Morgan fingerprint density at radius 3 is 2.38 bits per heavy atom. The number of ether oxygens (including phenoxy) is 1. The Balaban J connectivity index is 2.12. The predicted molar refractivity (Wildman–Crippen MR) is 95.9 cm³/mol. The lowest BCUT2D eigenvalue weighted by Gasteiger charge is -2.11. The van der Waals surface area contributed by atoms with E-state index < -0.39 is 0 Å². The summed E-state index contributed by atoms with van der Waals surface area (Å²) >= 11 is 6.12. The molecule has 2 amide bonds. The van der Waals surface area contributed by atoms with Crippen molar-refractivity contribution in [2.75, 3.05) is 17.2 Å². The van der Waals surface area contributed by atoms with Crippen LogP contribution in [-0.4, -0.2) is 18.4 Å². The highest BCUT2D eigenvalue weighted by Crippen LogP contribution is 2.26. The maximum Gasteiger partial charge on any atom is 0.255 e. The molecule has 0 aliphatic carbocycles. The molecule has 0 aliphatic heterocycles. The van der Waals surface area contributed by atoms with Gasteiger partial charge in [0, 0.05) is 17.7 Å². The first-order valence-electron chi connectivity index (χ1n) is 7.67. The highest BCUT2D eigenvalue weighted by atomic mass is 35.5. The van der Waals surface area contributed by atoms with Crippen molar-refractivity contribution in [2.45, 2.75) is 20.3 Å². The molecule has 2 aromatic carbocycles. The number of hydrogen-bond donors (Lipinski definition) is 2. The van der Waals surface area contributed by atoms with Gasteiger partial charge < -0.3 is 15.4 Å². The minimum atomic E-state index is -0.293. The molecule has 0 heterocycles. The molecule has 6 heteroatoms. The summed E-state index contributed by atoms with van der Waals surface area (Å²) < 4.78 is 5.35. The van der Waals surface area contributed by atoms with Crippen LogP contribution in [0, 0.1) is 0 Å². The van der Waals surface area contributed by atoms with Crippen LogP contribution in [0.2, 0.25) is 5.02 Å². The number of carbonyl (C=O) groups excluding carboxylic acids is 2. The quantitative estimate of drug-likeness (QED) is 0.817. The lowest BCUT2D eigenvalue weighted by atomic mass is 10.2. The van der Waals surface area contributed by atoms with Gasteiger partial charge in [0.05, 0.1) is 17.3 Å². The average Bonchev–Trinajstić information content (AvgIpc) is 2.58. The van der Waals surface area contributed by atoms with Crippen molar-refractivity contribution < 1.29 is 14.3 Å². The fourth-order valence-corrected chi connectivity index (χ4v) is 2.18. The number of halogens is 1. The third-order valence-electron chi connectivity index (χ3n) is 3.25. The SMILES string of the molecule is CCOc1ccc(C(=O)Nc2cc(NC(=O)CC)ccc2Cl)cc1. The highest BCUT2D eigenvalue weighted by molar-refractivity contribution is 6.34. The molecule has 0 radical (unpaired) electrons. The van der Waals surface area contributed by atoms with Gasteiger partial charge >= 0.3 is 0 Å². The zero-order valence-corrected chi connectivity index (χ0v) is 14.3. The van der Waals surface area contributed by atoms with Crippen molar-refractivity contribution in [1.29, 1.82) is 0 Å². The molecule has 0 saturated heterocycles. The van der Waals surface area contributed by atoms with Gasteiger partial charge in [0.15, 0.2) is 0 Å². The summed E-state index contributed by atoms with van der Waals surface area (Å²) in [4.78, 5) is 23.8. The lowest BCUT2D eigenvalue weighted by Crippen LogP contribution is -2.13. The monoisotopic (exact) mass is 346 g/mol. The van der Waals surface area contributed by atoms with E-state index >= 15 is 0 Å². The van der Waals surface area contributed by atoms with E-state index in [2.05, 4.69) is 10.6 Å². The number of anilines is 2. The zero-order valence-electron chi connectivity index (χ0n) is 13.6. The summed E-state index contributed by atoms with van der Waals surface area (Å²) in [6, 6.07) is 11.8. The summed E-state index contributed by atoms with van der Waals surface area (Å²) in [6.45, 7) is 4.23. The maximum atomic E-state index is 12.3. The fraction of sp³-hybridized carbons (Fsp3) is 0.222. The molecule has 0 spiro atoms. The van der Waals surface area contributed by atoms with Gasteiger partial charge in [-0.15, -0.1) is 0 Å². The standard InChI is InChI=1S/C18H19ClN2O3/c1-3-17(22)20-13-7-10-15(19)16(11-13)21-18(23)12-5-8-14(9-6-12)24-4-2/h5-11H,3-4H2,1-2H3,(H,20,22)(H,21,23). The summed E-state index contributed by atoms with van der Waals surface area (Å²) in [7, 11) is 0. The molecule has 0 aliphatic rings. The third-order valence-corrected chi connectivity index (χ3v) is 3.58. The lowest BCUT2D eigenvalue weighted by molar-refractivity contribution is -0.115. The van der Waals surface area contributed by atoms with Crippen molar-refractivity contribution in [3.8, 4) is 5.75 Å². The van der Waals surface area contributed by atoms with Gasteiger partial charge in [-0.25, -0.2) is 0 Å². The van der Waals surface area contributed by atoms with Gasteiger partial charge in [-0.2, -0.15) is 0 Å². The van der Waals surface area contributed by atoms with E-state index in [9.17, 15) is 9.59 Å². The summed E-state index contributed by atoms with van der Waals surface area (Å²) in [6.07, 6.45) is 0.372. The summed E-state index contributed by atoms with van der Waals surface area (Å²) in [5.74, 6) is 0.302. The van der Waals surface area contributed by atoms with E-state index in [1.807, 2.05) is 6.92 Å². The molecule has 2 N–H and O–H groups in total. The molecule has 0 bridgehead atoms. The van der Waals surface area contributed by atoms with E-state index in [4.69, 9.17) is 16.3 Å². The topological polar surface area (TPSA) is 67.4 Å². The van der Waals surface area contributed by atoms with Gasteiger partial charge in [0.1, 0.15) is 5.75 Å². The van der Waals surface area contributed by atoms with Gasteiger partial charge in [0.2, 0.25) is 5.91 Å². The first-order valence-corrected chi connectivity index (χ1v) is 8.05. The van der Waals surface area contributed by atoms with Gasteiger partial charge in [0.25, 0.3) is 5.91 Å². The van der Waals surface area contributed by atoms with Gasteiger partial charge in [-0.1, -0.05) is 18.5 Å². The number of carbonyl (C=O) groups is 2. The van der Waals surface area contributed by atoms with Crippen molar-refractivity contribution in [3.63, 3.8) is 0 Å². The van der Waals surface area contributed by atoms with E-state index in [1.54, 1.807) is 49.4 Å². The van der Waals surface area contributed by atoms with Crippen molar-refractivity contribution in [2.24, 2.45) is 0 Å². The predicted octanol–water partition coefficient (Wildman–Crippen LogP) is 4.34. The molecular formula is C18H19ClN2O3. The van der Waals surface area contributed by atoms with Crippen LogP contribution in [0.15, 0.2) is 42.5 Å². The number of hydrogen-bond acceptors (Lipinski definition) is 3. The van der Waals surface area contributed by atoms with Crippen LogP contribution in [0.5, 0.6) is 5.75 Å². The Hall–Kier alpha value is -2.53. The Kier molecular flexibility index (Phi) is 6.21. The first-order chi connectivity index (χ1) is 11.5. The molecule has 0 saturated carbocycles. The second-order valence-electron chi connectivity index (χ2n) is 5.01. The minimum absolute atomic E-state index is 0.110. The van der Waals surface area contributed by atoms with Crippen molar-refractivity contribution in [1.82, 2.24) is 0 Å². The second kappa shape index (κ2) is 8.36. The number of nitrogens with one attached hydrogen (secondary N) is 2. The van der Waals surface area contributed by atoms with E-state index in [1.165, 1.54) is 0 Å². The molecule has 2 aromatic rings. The third kappa shape index (κ3) is 4.73. The number of amides is 2. The van der Waals surface area contributed by atoms with E-state index in [-0.39, 0.29) is 11.8 Å². The molecular weight excluding hydrogens is 328 g/mol. The van der Waals surface area contributed by atoms with Crippen LogP contribution in [-0.2, 0) is 4.79 Å². The number of benzene rings is 2.